The molecule has 0 saturated heterocycles. The Kier molecular flexibility index (Phi) is 4.07. The number of nitrogens with two attached hydrogens (primary N) is 1. The van der Waals surface area contributed by atoms with Crippen molar-refractivity contribution in [3.8, 4) is 5.75 Å². The Morgan fingerprint density at radius 3 is 2.63 bits per heavy atom. The van der Waals surface area contributed by atoms with Crippen molar-refractivity contribution in [2.45, 2.75) is 57.5 Å². The van der Waals surface area contributed by atoms with E-state index in [9.17, 15) is 0 Å². The summed E-state index contributed by atoms with van der Waals surface area (Å²) in [5, 5.41) is 0. The van der Waals surface area contributed by atoms with Crippen molar-refractivity contribution in [1.82, 2.24) is 0 Å². The van der Waals surface area contributed by atoms with Crippen LogP contribution in [0.2, 0.25) is 0 Å². The van der Waals surface area contributed by atoms with Crippen molar-refractivity contribution in [2.24, 2.45) is 11.7 Å². The normalized spacial score (nSPS) is 26.8. The Balaban J connectivity index is 1.67. The van der Waals surface area contributed by atoms with Gasteiger partial charge in [0.2, 0.25) is 0 Å². The van der Waals surface area contributed by atoms with Gasteiger partial charge < -0.3 is 10.5 Å². The minimum Gasteiger partial charge on any atom is -0.490 e. The molecule has 2 aliphatic carbocycles. The highest BCUT2D eigenvalue weighted by atomic mass is 16.5. The lowest BCUT2D eigenvalue weighted by molar-refractivity contribution is 0.131. The second-order valence-electron chi connectivity index (χ2n) is 6.10. The summed E-state index contributed by atoms with van der Waals surface area (Å²) in [6, 6.07) is 6.59. The van der Waals surface area contributed by atoms with E-state index >= 15 is 0 Å². The van der Waals surface area contributed by atoms with Gasteiger partial charge in [0, 0.05) is 0 Å². The van der Waals surface area contributed by atoms with Crippen molar-refractivity contribution < 1.29 is 4.74 Å². The van der Waals surface area contributed by atoms with Gasteiger partial charge in [0.15, 0.2) is 0 Å². The Morgan fingerprint density at radius 1 is 1.05 bits per heavy atom. The van der Waals surface area contributed by atoms with Crippen LogP contribution >= 0.6 is 0 Å². The first-order chi connectivity index (χ1) is 9.36. The number of aryl methyl sites for hydroxylation is 1. The molecule has 2 nitrogen and oxygen atoms in total. The van der Waals surface area contributed by atoms with Crippen molar-refractivity contribution in [3.05, 3.63) is 29.3 Å². The summed E-state index contributed by atoms with van der Waals surface area (Å²) in [4.78, 5) is 0. The average molecular weight is 259 g/mol. The summed E-state index contributed by atoms with van der Waals surface area (Å²) in [6.45, 7) is 0.841. The first-order valence-corrected chi connectivity index (χ1v) is 7.84. The fourth-order valence-corrected chi connectivity index (χ4v) is 3.52. The van der Waals surface area contributed by atoms with Crippen LogP contribution in [0.25, 0.3) is 0 Å². The molecule has 1 aromatic rings. The molecule has 3 rings (SSSR count). The van der Waals surface area contributed by atoms with Gasteiger partial charge in [-0.05, 0) is 81.0 Å². The van der Waals surface area contributed by atoms with Crippen LogP contribution in [-0.2, 0) is 12.8 Å². The minimum atomic E-state index is 0.413. The molecule has 0 atom stereocenters. The highest BCUT2D eigenvalue weighted by Crippen LogP contribution is 2.33. The molecule has 0 aliphatic heterocycles. The molecule has 0 radical (unpaired) electrons. The van der Waals surface area contributed by atoms with E-state index in [2.05, 4.69) is 18.2 Å². The van der Waals surface area contributed by atoms with Crippen LogP contribution in [0.1, 0.15) is 49.7 Å². The van der Waals surface area contributed by atoms with Gasteiger partial charge in [-0.3, -0.25) is 0 Å². The number of hydrogen-bond donors (Lipinski definition) is 1. The first-order valence-electron chi connectivity index (χ1n) is 7.84. The van der Waals surface area contributed by atoms with Crippen molar-refractivity contribution in [3.63, 3.8) is 0 Å². The van der Waals surface area contributed by atoms with E-state index in [1.54, 1.807) is 0 Å². The fourth-order valence-electron chi connectivity index (χ4n) is 3.52. The first kappa shape index (κ1) is 13.0. The number of ether oxygens (including phenoxy) is 1. The number of fused-ring (bicyclic) bond motifs is 1. The van der Waals surface area contributed by atoms with Crippen molar-refractivity contribution in [2.75, 3.05) is 6.54 Å². The molecule has 1 fully saturated rings. The van der Waals surface area contributed by atoms with Gasteiger partial charge >= 0.3 is 0 Å². The molecule has 19 heavy (non-hydrogen) atoms. The Morgan fingerprint density at radius 2 is 1.84 bits per heavy atom. The summed E-state index contributed by atoms with van der Waals surface area (Å²) in [5.74, 6) is 1.89. The quantitative estimate of drug-likeness (QED) is 0.902. The fraction of sp³-hybridized carbons (Fsp3) is 0.647. The molecule has 0 heterocycles. The molecule has 2 N–H and O–H groups in total. The maximum atomic E-state index is 6.31. The van der Waals surface area contributed by atoms with Gasteiger partial charge in [0.25, 0.3) is 0 Å². The molecule has 2 heteroatoms. The topological polar surface area (TPSA) is 35.2 Å². The predicted molar refractivity (Wildman–Crippen MR) is 78.5 cm³/mol. The van der Waals surface area contributed by atoms with Crippen LogP contribution < -0.4 is 10.5 Å². The zero-order chi connectivity index (χ0) is 13.1. The summed E-state index contributed by atoms with van der Waals surface area (Å²) >= 11 is 0. The number of benzene rings is 1. The molecule has 1 saturated carbocycles. The molecule has 2 aliphatic rings. The van der Waals surface area contributed by atoms with Crippen LogP contribution in [-0.4, -0.2) is 12.6 Å². The SMILES string of the molecule is NCC1CCC(Oc2cccc3c2CCCC3)CC1. The highest BCUT2D eigenvalue weighted by molar-refractivity contribution is 5.41. The Bertz CT molecular complexity index is 421. The van der Waals surface area contributed by atoms with E-state index in [0.29, 0.717) is 6.10 Å². The second kappa shape index (κ2) is 5.96. The zero-order valence-electron chi connectivity index (χ0n) is 11.7. The molecular formula is C17H25NO. The van der Waals surface area contributed by atoms with Gasteiger partial charge in [-0.15, -0.1) is 0 Å². The molecule has 0 unspecified atom stereocenters. The maximum Gasteiger partial charge on any atom is 0.123 e. The van der Waals surface area contributed by atoms with E-state index < -0.39 is 0 Å². The van der Waals surface area contributed by atoms with Gasteiger partial charge in [-0.25, -0.2) is 0 Å². The third-order valence-corrected chi connectivity index (χ3v) is 4.77. The van der Waals surface area contributed by atoms with E-state index in [0.717, 1.165) is 18.2 Å². The Hall–Kier alpha value is -1.02. The molecule has 1 aromatic carbocycles. The van der Waals surface area contributed by atoms with Crippen LogP contribution in [0, 0.1) is 5.92 Å². The molecule has 104 valence electrons. The molecule has 0 spiro atoms. The summed E-state index contributed by atoms with van der Waals surface area (Å²) in [6.07, 6.45) is 10.3. The largest absolute Gasteiger partial charge is 0.490 e. The lowest BCUT2D eigenvalue weighted by atomic mass is 9.87. The lowest BCUT2D eigenvalue weighted by Crippen LogP contribution is -2.28. The standard InChI is InChI=1S/C17H25NO/c18-12-13-8-10-15(11-9-13)19-17-7-3-5-14-4-1-2-6-16(14)17/h3,5,7,13,15H,1-2,4,6,8-12,18H2. The van der Waals surface area contributed by atoms with Crippen molar-refractivity contribution in [1.29, 1.82) is 0 Å². The van der Waals surface area contributed by atoms with E-state index in [1.165, 1.54) is 62.5 Å². The summed E-state index contributed by atoms with van der Waals surface area (Å²) < 4.78 is 6.31. The summed E-state index contributed by atoms with van der Waals surface area (Å²) in [5.41, 5.74) is 8.75. The lowest BCUT2D eigenvalue weighted by Gasteiger charge is -2.29. The molecule has 0 amide bonds. The predicted octanol–water partition coefficient (Wildman–Crippen LogP) is 3.46. The smallest absolute Gasteiger partial charge is 0.123 e. The minimum absolute atomic E-state index is 0.413. The monoisotopic (exact) mass is 259 g/mol. The van der Waals surface area contributed by atoms with Gasteiger partial charge in [0.1, 0.15) is 5.75 Å². The van der Waals surface area contributed by atoms with Crippen molar-refractivity contribution >= 4 is 0 Å². The van der Waals surface area contributed by atoms with Gasteiger partial charge in [0.05, 0.1) is 6.10 Å². The maximum absolute atomic E-state index is 6.31. The van der Waals surface area contributed by atoms with Crippen LogP contribution in [0.3, 0.4) is 0 Å². The van der Waals surface area contributed by atoms with Crippen LogP contribution in [0.15, 0.2) is 18.2 Å². The molecule has 0 bridgehead atoms. The van der Waals surface area contributed by atoms with Crippen LogP contribution in [0.5, 0.6) is 5.75 Å². The Labute approximate surface area is 116 Å². The zero-order valence-corrected chi connectivity index (χ0v) is 11.7. The second-order valence-corrected chi connectivity index (χ2v) is 6.10. The molecule has 0 aromatic heterocycles. The van der Waals surface area contributed by atoms with Gasteiger partial charge in [-0.2, -0.15) is 0 Å². The summed E-state index contributed by atoms with van der Waals surface area (Å²) in [7, 11) is 0. The van der Waals surface area contributed by atoms with E-state index in [-0.39, 0.29) is 0 Å². The third kappa shape index (κ3) is 2.94. The van der Waals surface area contributed by atoms with E-state index in [1.807, 2.05) is 0 Å². The number of rotatable bonds is 3. The molecular weight excluding hydrogens is 234 g/mol. The number of hydrogen-bond acceptors (Lipinski definition) is 2. The van der Waals surface area contributed by atoms with E-state index in [4.69, 9.17) is 10.5 Å². The van der Waals surface area contributed by atoms with Gasteiger partial charge in [-0.1, -0.05) is 12.1 Å². The third-order valence-electron chi connectivity index (χ3n) is 4.77. The highest BCUT2D eigenvalue weighted by Gasteiger charge is 2.23. The van der Waals surface area contributed by atoms with Crippen LogP contribution in [0.4, 0.5) is 0 Å². The average Bonchev–Trinajstić information content (AvgIpc) is 2.48.